The lowest BCUT2D eigenvalue weighted by Crippen LogP contribution is -2.46. The zero-order valence-electron chi connectivity index (χ0n) is 25.2. The number of nitro benzene ring substituents is 1. The molecular weight excluding hydrogens is 568 g/mol. The van der Waals surface area contributed by atoms with Gasteiger partial charge >= 0.3 is 6.16 Å². The Morgan fingerprint density at radius 3 is 2.57 bits per heavy atom. The first kappa shape index (κ1) is 30.5. The predicted octanol–water partition coefficient (Wildman–Crippen LogP) is 3.84. The Morgan fingerprint density at radius 1 is 1.09 bits per heavy atom. The lowest BCUT2D eigenvalue weighted by Gasteiger charge is -2.36. The molecule has 3 heterocycles. The number of methoxy groups -OCH3 is 1. The summed E-state index contributed by atoms with van der Waals surface area (Å²) in [5, 5.41) is 27.2. The number of anilines is 1. The van der Waals surface area contributed by atoms with E-state index in [-0.39, 0.29) is 18.1 Å². The van der Waals surface area contributed by atoms with Gasteiger partial charge in [-0.15, -0.1) is 10.2 Å². The van der Waals surface area contributed by atoms with Crippen molar-refractivity contribution >= 4 is 23.1 Å². The summed E-state index contributed by atoms with van der Waals surface area (Å²) in [6.07, 6.45) is -0.217. The van der Waals surface area contributed by atoms with Crippen LogP contribution >= 0.6 is 0 Å². The fourth-order valence-corrected chi connectivity index (χ4v) is 5.60. The van der Waals surface area contributed by atoms with Gasteiger partial charge in [-0.1, -0.05) is 24.3 Å². The zero-order chi connectivity index (χ0) is 31.2. The Kier molecular flexibility index (Phi) is 9.38. The van der Waals surface area contributed by atoms with Gasteiger partial charge in [-0.3, -0.25) is 15.0 Å². The van der Waals surface area contributed by atoms with Crippen LogP contribution in [0.5, 0.6) is 5.75 Å². The van der Waals surface area contributed by atoms with Gasteiger partial charge in [-0.25, -0.2) is 4.79 Å². The van der Waals surface area contributed by atoms with Gasteiger partial charge < -0.3 is 24.4 Å². The number of hydrogen-bond donors (Lipinski definition) is 1. The zero-order valence-corrected chi connectivity index (χ0v) is 25.2. The number of nitrogens with zero attached hydrogens (tertiary/aromatic N) is 7. The van der Waals surface area contributed by atoms with E-state index in [1.54, 1.807) is 33.2 Å². The highest BCUT2D eigenvalue weighted by Gasteiger charge is 2.36. The Balaban J connectivity index is 1.21. The fourth-order valence-electron chi connectivity index (χ4n) is 5.60. The minimum Gasteiger partial charge on any atom is -0.495 e. The maximum atomic E-state index is 12.9. The lowest BCUT2D eigenvalue weighted by molar-refractivity contribution is -0.384. The van der Waals surface area contributed by atoms with E-state index < -0.39 is 17.0 Å². The second-order valence-corrected chi connectivity index (χ2v) is 10.6. The summed E-state index contributed by atoms with van der Waals surface area (Å²) in [5.74, 6) is 0.704. The van der Waals surface area contributed by atoms with Crippen LogP contribution in [0, 0.1) is 10.1 Å². The number of carbonyl (C=O) groups excluding carboxylic acids is 1. The third kappa shape index (κ3) is 6.80. The summed E-state index contributed by atoms with van der Waals surface area (Å²) >= 11 is 0. The van der Waals surface area contributed by atoms with Crippen molar-refractivity contribution in [3.8, 4) is 5.75 Å². The smallest absolute Gasteiger partial charge is 0.495 e. The maximum absolute atomic E-state index is 12.9. The molecule has 2 aliphatic heterocycles. The average molecular weight is 605 g/mol. The molecule has 5 rings (SSSR count). The first-order chi connectivity index (χ1) is 21.2. The summed E-state index contributed by atoms with van der Waals surface area (Å²) in [6.45, 7) is 8.08. The molecule has 0 saturated carbocycles. The lowest BCUT2D eigenvalue weighted by atomic mass is 9.84. The molecule has 232 valence electrons. The second-order valence-electron chi connectivity index (χ2n) is 10.6. The number of carbonyl (C=O) groups is 1. The molecule has 0 radical (unpaired) electrons. The number of aromatic nitrogens is 4. The highest BCUT2D eigenvalue weighted by Crippen LogP contribution is 2.43. The number of piperazine rings is 1. The number of ether oxygens (including phenoxy) is 3. The van der Waals surface area contributed by atoms with Crippen LogP contribution < -0.4 is 15.0 Å². The Bertz CT molecular complexity index is 1580. The SMILES string of the molecule is COc1ccccc1N1CCN(CCCOC(=O)OC2=C(C)NC(C)=C(c3nnn(C)n3)C2c2cccc([N+](=O)[O-])c2)CC1. The normalized spacial score (nSPS) is 17.4. The van der Waals surface area contributed by atoms with E-state index in [1.807, 2.05) is 25.1 Å². The minimum atomic E-state index is -0.858. The van der Waals surface area contributed by atoms with Gasteiger partial charge in [-0.2, -0.15) is 4.80 Å². The summed E-state index contributed by atoms with van der Waals surface area (Å²) < 4.78 is 16.8. The number of para-hydroxylation sites is 2. The molecule has 14 nitrogen and oxygen atoms in total. The second kappa shape index (κ2) is 13.5. The van der Waals surface area contributed by atoms with Gasteiger partial charge in [0.25, 0.3) is 5.69 Å². The molecule has 1 unspecified atom stereocenters. The Morgan fingerprint density at radius 2 is 1.86 bits per heavy atom. The average Bonchev–Trinajstić information content (AvgIpc) is 3.46. The molecule has 44 heavy (non-hydrogen) atoms. The molecule has 14 heteroatoms. The van der Waals surface area contributed by atoms with Crippen molar-refractivity contribution in [2.75, 3.05) is 51.3 Å². The number of nitrogens with one attached hydrogen (secondary N) is 1. The van der Waals surface area contributed by atoms with Crippen LogP contribution in [0.25, 0.3) is 5.57 Å². The van der Waals surface area contributed by atoms with Gasteiger partial charge in [0.1, 0.15) is 11.5 Å². The number of nitro groups is 1. The van der Waals surface area contributed by atoms with E-state index >= 15 is 0 Å². The topological polar surface area (TPSA) is 150 Å². The van der Waals surface area contributed by atoms with Crippen LogP contribution in [0.15, 0.2) is 65.7 Å². The van der Waals surface area contributed by atoms with Crippen molar-refractivity contribution in [2.24, 2.45) is 7.05 Å². The van der Waals surface area contributed by atoms with Crippen molar-refractivity contribution in [1.29, 1.82) is 0 Å². The van der Waals surface area contributed by atoms with E-state index in [9.17, 15) is 14.9 Å². The quantitative estimate of drug-likeness (QED) is 0.155. The highest BCUT2D eigenvalue weighted by atomic mass is 16.7. The summed E-state index contributed by atoms with van der Waals surface area (Å²) in [4.78, 5) is 30.0. The molecule has 0 aliphatic carbocycles. The minimum absolute atomic E-state index is 0.0894. The van der Waals surface area contributed by atoms with E-state index in [0.717, 1.165) is 44.2 Å². The van der Waals surface area contributed by atoms with Gasteiger partial charge in [0.15, 0.2) is 0 Å². The number of tetrazole rings is 1. The third-order valence-corrected chi connectivity index (χ3v) is 7.69. The molecule has 2 aliphatic rings. The van der Waals surface area contributed by atoms with Crippen molar-refractivity contribution in [1.82, 2.24) is 30.4 Å². The van der Waals surface area contributed by atoms with Crippen LogP contribution in [0.3, 0.4) is 0 Å². The molecular formula is C30H36N8O6. The fraction of sp³-hybridized carbons (Fsp3) is 0.400. The highest BCUT2D eigenvalue weighted by molar-refractivity contribution is 5.76. The van der Waals surface area contributed by atoms with E-state index in [1.165, 1.54) is 16.9 Å². The standard InChI is InChI=1S/C30H36N8O6/c1-20-26(29-32-34-35(3)33-29)27(22-9-7-10-23(19-22)38(40)41)28(21(2)31-20)44-30(39)43-18-8-13-36-14-16-37(17-15-36)24-11-5-6-12-25(24)42-4/h5-7,9-12,19,27,31H,8,13-18H2,1-4H3. The van der Waals surface area contributed by atoms with Crippen LogP contribution in [0.4, 0.5) is 16.2 Å². The largest absolute Gasteiger partial charge is 0.513 e. The maximum Gasteiger partial charge on any atom is 0.513 e. The van der Waals surface area contributed by atoms with Gasteiger partial charge in [0, 0.05) is 56.1 Å². The molecule has 0 spiro atoms. The first-order valence-corrected chi connectivity index (χ1v) is 14.4. The van der Waals surface area contributed by atoms with Gasteiger partial charge in [0.2, 0.25) is 5.82 Å². The Hall–Kier alpha value is -4.98. The van der Waals surface area contributed by atoms with E-state index in [0.29, 0.717) is 34.8 Å². The number of benzene rings is 2. The first-order valence-electron chi connectivity index (χ1n) is 14.4. The molecule has 1 atom stereocenters. The molecule has 1 N–H and O–H groups in total. The summed E-state index contributed by atoms with van der Waals surface area (Å²) in [6, 6.07) is 14.2. The van der Waals surface area contributed by atoms with Crippen LogP contribution in [0.2, 0.25) is 0 Å². The number of non-ortho nitro benzene ring substituents is 1. The van der Waals surface area contributed by atoms with Crippen LogP contribution in [0.1, 0.15) is 37.6 Å². The molecule has 1 aromatic heterocycles. The Labute approximate surface area is 255 Å². The van der Waals surface area contributed by atoms with Crippen molar-refractivity contribution in [3.05, 3.63) is 87.2 Å². The van der Waals surface area contributed by atoms with E-state index in [2.05, 4.69) is 36.6 Å². The van der Waals surface area contributed by atoms with Crippen molar-refractivity contribution in [3.63, 3.8) is 0 Å². The summed E-state index contributed by atoms with van der Waals surface area (Å²) in [5.41, 5.74) is 3.40. The van der Waals surface area contributed by atoms with Crippen molar-refractivity contribution in [2.45, 2.75) is 26.2 Å². The molecule has 3 aromatic rings. The van der Waals surface area contributed by atoms with E-state index in [4.69, 9.17) is 14.2 Å². The van der Waals surface area contributed by atoms with Gasteiger partial charge in [-0.05, 0) is 43.2 Å². The number of allylic oxidation sites excluding steroid dienone is 3. The molecule has 1 fully saturated rings. The molecule has 2 aromatic carbocycles. The van der Waals surface area contributed by atoms with Gasteiger partial charge in [0.05, 0.1) is 43.0 Å². The number of hydrogen-bond acceptors (Lipinski definition) is 12. The number of rotatable bonds is 10. The third-order valence-electron chi connectivity index (χ3n) is 7.69. The van der Waals surface area contributed by atoms with Crippen molar-refractivity contribution < 1.29 is 23.9 Å². The predicted molar refractivity (Wildman–Crippen MR) is 162 cm³/mol. The number of aryl methyl sites for hydroxylation is 1. The summed E-state index contributed by atoms with van der Waals surface area (Å²) in [7, 11) is 3.32. The molecule has 1 saturated heterocycles. The monoisotopic (exact) mass is 604 g/mol. The molecule has 0 bridgehead atoms. The van der Waals surface area contributed by atoms with Crippen LogP contribution in [-0.2, 0) is 16.5 Å². The molecule has 0 amide bonds. The van der Waals surface area contributed by atoms with Crippen LogP contribution in [-0.4, -0.2) is 82.6 Å². The number of dihydropyridines is 1.